The van der Waals surface area contributed by atoms with E-state index in [1.54, 1.807) is 0 Å². The number of fused-ring (bicyclic) bond motifs is 1. The van der Waals surface area contributed by atoms with E-state index in [9.17, 15) is 4.79 Å². The van der Waals surface area contributed by atoms with Crippen molar-refractivity contribution in [2.45, 2.75) is 39.8 Å². The van der Waals surface area contributed by atoms with E-state index in [4.69, 9.17) is 5.73 Å². The van der Waals surface area contributed by atoms with Gasteiger partial charge in [0.2, 0.25) is 5.91 Å². The predicted octanol–water partition coefficient (Wildman–Crippen LogP) is 1.88. The number of nitrogens with zero attached hydrogens (tertiary/aromatic N) is 2. The van der Waals surface area contributed by atoms with E-state index in [-0.39, 0.29) is 11.9 Å². The molecule has 2 rings (SSSR count). The monoisotopic (exact) mass is 275 g/mol. The molecule has 110 valence electrons. The van der Waals surface area contributed by atoms with Crippen molar-refractivity contribution < 1.29 is 4.79 Å². The van der Waals surface area contributed by atoms with E-state index in [1.165, 1.54) is 11.1 Å². The zero-order chi connectivity index (χ0) is 14.7. The molecule has 0 saturated carbocycles. The van der Waals surface area contributed by atoms with Crippen molar-refractivity contribution >= 4 is 11.6 Å². The Bertz CT molecular complexity index is 483. The quantitative estimate of drug-likeness (QED) is 0.854. The molecule has 2 N–H and O–H groups in total. The number of hydrogen-bond acceptors (Lipinski definition) is 3. The molecule has 0 aliphatic carbocycles. The summed E-state index contributed by atoms with van der Waals surface area (Å²) in [4.78, 5) is 16.6. The van der Waals surface area contributed by atoms with Gasteiger partial charge in [0.25, 0.3) is 0 Å². The first-order chi connectivity index (χ1) is 9.58. The zero-order valence-corrected chi connectivity index (χ0v) is 12.7. The fourth-order valence-electron chi connectivity index (χ4n) is 2.91. The van der Waals surface area contributed by atoms with E-state index in [1.807, 2.05) is 37.8 Å². The fraction of sp³-hybridized carbons (Fsp3) is 0.562. The second-order valence-electron chi connectivity index (χ2n) is 5.39. The molecular formula is C16H25N3O. The van der Waals surface area contributed by atoms with Crippen LogP contribution in [-0.2, 0) is 17.8 Å². The predicted molar refractivity (Wildman–Crippen MR) is 82.4 cm³/mol. The normalized spacial score (nSPS) is 16.6. The molecule has 1 heterocycles. The number of likely N-dealkylation sites (N-methyl/N-ethyl adjacent to an activating group) is 1. The third-order valence-corrected chi connectivity index (χ3v) is 4.32. The topological polar surface area (TPSA) is 49.6 Å². The molecule has 0 fully saturated rings. The number of amides is 1. The van der Waals surface area contributed by atoms with Crippen LogP contribution in [0.25, 0.3) is 0 Å². The Morgan fingerprint density at radius 1 is 1.40 bits per heavy atom. The van der Waals surface area contributed by atoms with Gasteiger partial charge in [0.05, 0.1) is 6.04 Å². The molecule has 1 aromatic carbocycles. The van der Waals surface area contributed by atoms with Gasteiger partial charge in [0.15, 0.2) is 0 Å². The number of nitrogens with two attached hydrogens (primary N) is 1. The maximum Gasteiger partial charge on any atom is 0.239 e. The summed E-state index contributed by atoms with van der Waals surface area (Å²) in [6.07, 6.45) is 0.968. The van der Waals surface area contributed by atoms with Gasteiger partial charge in [0.1, 0.15) is 0 Å². The number of nitrogen functional groups attached to an aromatic ring is 1. The zero-order valence-electron chi connectivity index (χ0n) is 12.7. The maximum atomic E-state index is 12.5. The van der Waals surface area contributed by atoms with E-state index in [0.29, 0.717) is 0 Å². The highest BCUT2D eigenvalue weighted by atomic mass is 16.2. The number of anilines is 1. The van der Waals surface area contributed by atoms with Crippen LogP contribution in [0, 0.1) is 0 Å². The summed E-state index contributed by atoms with van der Waals surface area (Å²) >= 11 is 0. The van der Waals surface area contributed by atoms with Gasteiger partial charge in [-0.15, -0.1) is 0 Å². The molecule has 4 heteroatoms. The SMILES string of the molecule is CCN(CC)C(=O)C(C)N1CCc2cccc(N)c2C1. The molecule has 0 radical (unpaired) electrons. The van der Waals surface area contributed by atoms with Crippen LogP contribution in [0.15, 0.2) is 18.2 Å². The molecule has 1 aliphatic rings. The minimum atomic E-state index is -0.0809. The maximum absolute atomic E-state index is 12.5. The molecule has 0 bridgehead atoms. The molecule has 0 saturated heterocycles. The Labute approximate surface area is 121 Å². The van der Waals surface area contributed by atoms with E-state index < -0.39 is 0 Å². The molecule has 4 nitrogen and oxygen atoms in total. The number of carbonyl (C=O) groups is 1. The van der Waals surface area contributed by atoms with Gasteiger partial charge in [-0.3, -0.25) is 9.69 Å². The van der Waals surface area contributed by atoms with E-state index in [0.717, 1.165) is 38.3 Å². The highest BCUT2D eigenvalue weighted by Crippen LogP contribution is 2.25. The first kappa shape index (κ1) is 14.9. The minimum absolute atomic E-state index is 0.0809. The fourth-order valence-corrected chi connectivity index (χ4v) is 2.91. The Balaban J connectivity index is 2.12. The Kier molecular flexibility index (Phi) is 4.65. The Morgan fingerprint density at radius 2 is 2.10 bits per heavy atom. The van der Waals surface area contributed by atoms with Crippen molar-refractivity contribution in [3.63, 3.8) is 0 Å². The van der Waals surface area contributed by atoms with Gasteiger partial charge < -0.3 is 10.6 Å². The number of hydrogen-bond donors (Lipinski definition) is 1. The Morgan fingerprint density at radius 3 is 2.75 bits per heavy atom. The van der Waals surface area contributed by atoms with Gasteiger partial charge in [0, 0.05) is 31.9 Å². The van der Waals surface area contributed by atoms with Crippen LogP contribution in [0.4, 0.5) is 5.69 Å². The molecule has 1 unspecified atom stereocenters. The van der Waals surface area contributed by atoms with Crippen molar-refractivity contribution in [3.05, 3.63) is 29.3 Å². The smallest absolute Gasteiger partial charge is 0.239 e. The molecule has 1 atom stereocenters. The van der Waals surface area contributed by atoms with Gasteiger partial charge in [-0.2, -0.15) is 0 Å². The molecule has 0 aromatic heterocycles. The van der Waals surface area contributed by atoms with Crippen LogP contribution in [0.3, 0.4) is 0 Å². The highest BCUT2D eigenvalue weighted by molar-refractivity contribution is 5.81. The lowest BCUT2D eigenvalue weighted by molar-refractivity contribution is -0.136. The average molecular weight is 275 g/mol. The molecule has 20 heavy (non-hydrogen) atoms. The van der Waals surface area contributed by atoms with Crippen molar-refractivity contribution in [1.82, 2.24) is 9.80 Å². The third kappa shape index (κ3) is 2.80. The molecule has 1 aliphatic heterocycles. The summed E-state index contributed by atoms with van der Waals surface area (Å²) in [5.41, 5.74) is 9.43. The lowest BCUT2D eigenvalue weighted by atomic mass is 9.97. The summed E-state index contributed by atoms with van der Waals surface area (Å²) in [5, 5.41) is 0. The summed E-state index contributed by atoms with van der Waals surface area (Å²) in [7, 11) is 0. The first-order valence-corrected chi connectivity index (χ1v) is 7.47. The van der Waals surface area contributed by atoms with Crippen molar-refractivity contribution in [2.75, 3.05) is 25.4 Å². The summed E-state index contributed by atoms with van der Waals surface area (Å²) in [6, 6.07) is 6.01. The molecule has 1 amide bonds. The number of benzene rings is 1. The van der Waals surface area contributed by atoms with Crippen molar-refractivity contribution in [1.29, 1.82) is 0 Å². The van der Waals surface area contributed by atoms with Crippen LogP contribution in [0.5, 0.6) is 0 Å². The Hall–Kier alpha value is -1.55. The summed E-state index contributed by atoms with van der Waals surface area (Å²) < 4.78 is 0. The number of rotatable bonds is 4. The second-order valence-corrected chi connectivity index (χ2v) is 5.39. The minimum Gasteiger partial charge on any atom is -0.398 e. The second kappa shape index (κ2) is 6.27. The molecule has 1 aromatic rings. The number of carbonyl (C=O) groups excluding carboxylic acids is 1. The van der Waals surface area contributed by atoms with E-state index >= 15 is 0 Å². The van der Waals surface area contributed by atoms with Gasteiger partial charge in [-0.25, -0.2) is 0 Å². The van der Waals surface area contributed by atoms with Crippen molar-refractivity contribution in [3.8, 4) is 0 Å². The lowest BCUT2D eigenvalue weighted by Gasteiger charge is -2.35. The van der Waals surface area contributed by atoms with E-state index in [2.05, 4.69) is 11.0 Å². The molecule has 0 spiro atoms. The van der Waals surface area contributed by atoms with Crippen LogP contribution in [0.2, 0.25) is 0 Å². The standard InChI is InChI=1S/C16H25N3O/c1-4-18(5-2)16(20)12(3)19-10-9-13-7-6-8-15(17)14(13)11-19/h6-8,12H,4-5,9-11,17H2,1-3H3. The molecular weight excluding hydrogens is 250 g/mol. The van der Waals surface area contributed by atoms with Crippen LogP contribution in [0.1, 0.15) is 31.9 Å². The highest BCUT2D eigenvalue weighted by Gasteiger charge is 2.28. The van der Waals surface area contributed by atoms with Crippen LogP contribution in [-0.4, -0.2) is 41.4 Å². The van der Waals surface area contributed by atoms with Gasteiger partial charge >= 0.3 is 0 Å². The van der Waals surface area contributed by atoms with Crippen molar-refractivity contribution in [2.24, 2.45) is 0 Å². The third-order valence-electron chi connectivity index (χ3n) is 4.32. The first-order valence-electron chi connectivity index (χ1n) is 7.47. The lowest BCUT2D eigenvalue weighted by Crippen LogP contribution is -2.48. The largest absolute Gasteiger partial charge is 0.398 e. The summed E-state index contributed by atoms with van der Waals surface area (Å²) in [5.74, 6) is 0.216. The summed E-state index contributed by atoms with van der Waals surface area (Å²) in [6.45, 7) is 9.29. The average Bonchev–Trinajstić information content (AvgIpc) is 2.47. The van der Waals surface area contributed by atoms with Gasteiger partial charge in [-0.1, -0.05) is 12.1 Å². The van der Waals surface area contributed by atoms with Crippen LogP contribution >= 0.6 is 0 Å². The van der Waals surface area contributed by atoms with Gasteiger partial charge in [-0.05, 0) is 44.4 Å². The van der Waals surface area contributed by atoms with Crippen LogP contribution < -0.4 is 5.73 Å².